The molecule has 148 valence electrons. The zero-order chi connectivity index (χ0) is 19.7. The van der Waals surface area contributed by atoms with E-state index in [9.17, 15) is 8.42 Å². The predicted molar refractivity (Wildman–Crippen MR) is 103 cm³/mol. The molecule has 0 saturated carbocycles. The smallest absolute Gasteiger partial charge is 0.264 e. The first kappa shape index (κ1) is 18.5. The summed E-state index contributed by atoms with van der Waals surface area (Å²) in [6, 6.07) is 9.26. The molecule has 0 amide bonds. The van der Waals surface area contributed by atoms with E-state index in [4.69, 9.17) is 9.15 Å². The van der Waals surface area contributed by atoms with Crippen molar-refractivity contribution in [2.45, 2.75) is 11.8 Å². The lowest BCUT2D eigenvalue weighted by Gasteiger charge is -2.35. The number of anilines is 1. The third-order valence-corrected chi connectivity index (χ3v) is 6.59. The van der Waals surface area contributed by atoms with Crippen LogP contribution in [0.2, 0.25) is 0 Å². The van der Waals surface area contributed by atoms with Crippen LogP contribution in [0.3, 0.4) is 0 Å². The highest BCUT2D eigenvalue weighted by molar-refractivity contribution is 7.89. The minimum Gasteiger partial charge on any atom is -0.495 e. The number of hydrogen-bond donors (Lipinski definition) is 1. The normalized spacial score (nSPS) is 15.7. The van der Waals surface area contributed by atoms with E-state index in [-0.39, 0.29) is 10.8 Å². The van der Waals surface area contributed by atoms with Gasteiger partial charge in [-0.1, -0.05) is 12.1 Å². The number of sulfonamides is 1. The van der Waals surface area contributed by atoms with Crippen molar-refractivity contribution in [1.82, 2.24) is 19.5 Å². The minimum absolute atomic E-state index is 0.184. The Morgan fingerprint density at radius 2 is 1.89 bits per heavy atom. The summed E-state index contributed by atoms with van der Waals surface area (Å²) in [6.07, 6.45) is 1.46. The summed E-state index contributed by atoms with van der Waals surface area (Å²) in [5, 5.41) is 7.67. The topological polar surface area (TPSA) is 105 Å². The van der Waals surface area contributed by atoms with E-state index in [0.29, 0.717) is 37.8 Å². The number of hydrogen-bond acceptors (Lipinski definition) is 7. The van der Waals surface area contributed by atoms with Crippen molar-refractivity contribution in [3.8, 4) is 17.3 Å². The fourth-order valence-corrected chi connectivity index (χ4v) is 4.68. The number of H-pyrrole nitrogens is 1. The lowest BCUT2D eigenvalue weighted by molar-refractivity contribution is 0.378. The van der Waals surface area contributed by atoms with Crippen molar-refractivity contribution in [2.24, 2.45) is 0 Å². The van der Waals surface area contributed by atoms with E-state index >= 15 is 0 Å². The molecule has 0 unspecified atom stereocenters. The average molecular weight is 403 g/mol. The maximum atomic E-state index is 13.0. The molecule has 0 spiro atoms. The summed E-state index contributed by atoms with van der Waals surface area (Å²) in [7, 11) is -1.98. The van der Waals surface area contributed by atoms with Gasteiger partial charge in [0.1, 0.15) is 16.3 Å². The maximum Gasteiger partial charge on any atom is 0.264 e. The van der Waals surface area contributed by atoms with Crippen LogP contribution in [0, 0.1) is 6.92 Å². The highest BCUT2D eigenvalue weighted by Gasteiger charge is 2.30. The van der Waals surface area contributed by atoms with Gasteiger partial charge in [0.2, 0.25) is 15.9 Å². The number of benzene rings is 1. The minimum atomic E-state index is -3.61. The highest BCUT2D eigenvalue weighted by Crippen LogP contribution is 2.30. The number of nitrogens with zero attached hydrogens (tertiary/aromatic N) is 4. The van der Waals surface area contributed by atoms with Crippen LogP contribution >= 0.6 is 0 Å². The van der Waals surface area contributed by atoms with Gasteiger partial charge in [-0.2, -0.15) is 4.31 Å². The Hall–Kier alpha value is -2.85. The molecule has 1 aliphatic rings. The lowest BCUT2D eigenvalue weighted by atomic mass is 10.2. The monoisotopic (exact) mass is 403 g/mol. The van der Waals surface area contributed by atoms with Gasteiger partial charge >= 0.3 is 0 Å². The van der Waals surface area contributed by atoms with Crippen LogP contribution in [-0.4, -0.2) is 61.2 Å². The van der Waals surface area contributed by atoms with Crippen LogP contribution in [0.4, 0.5) is 5.69 Å². The lowest BCUT2D eigenvalue weighted by Crippen LogP contribution is -2.48. The van der Waals surface area contributed by atoms with Gasteiger partial charge in [-0.05, 0) is 18.2 Å². The van der Waals surface area contributed by atoms with Gasteiger partial charge in [-0.25, -0.2) is 8.42 Å². The second-order valence-electron chi connectivity index (χ2n) is 6.44. The van der Waals surface area contributed by atoms with Crippen molar-refractivity contribution in [3.63, 3.8) is 0 Å². The van der Waals surface area contributed by atoms with Gasteiger partial charge in [-0.15, -0.1) is 10.2 Å². The molecule has 2 aromatic heterocycles. The fraction of sp³-hybridized carbons (Fsp3) is 0.333. The number of nitrogens with one attached hydrogen (secondary N) is 1. The Kier molecular flexibility index (Phi) is 4.82. The largest absolute Gasteiger partial charge is 0.495 e. The van der Waals surface area contributed by atoms with Crippen LogP contribution in [0.1, 0.15) is 5.89 Å². The quantitative estimate of drug-likeness (QED) is 0.694. The number of aromatic amines is 1. The number of piperazine rings is 1. The Morgan fingerprint density at radius 3 is 2.57 bits per heavy atom. The molecule has 1 N–H and O–H groups in total. The number of rotatable bonds is 5. The Labute approximate surface area is 163 Å². The molecule has 3 heterocycles. The van der Waals surface area contributed by atoms with Crippen LogP contribution in [-0.2, 0) is 10.0 Å². The molecule has 0 radical (unpaired) electrons. The number of para-hydroxylation sites is 2. The van der Waals surface area contributed by atoms with E-state index in [2.05, 4.69) is 20.1 Å². The molecule has 1 aromatic carbocycles. The van der Waals surface area contributed by atoms with Gasteiger partial charge in [-0.3, -0.25) is 0 Å². The van der Waals surface area contributed by atoms with Crippen LogP contribution in [0.15, 0.2) is 45.8 Å². The van der Waals surface area contributed by atoms with E-state index in [1.165, 1.54) is 16.6 Å². The predicted octanol–water partition coefficient (Wildman–Crippen LogP) is 1.89. The summed E-state index contributed by atoms with van der Waals surface area (Å²) < 4.78 is 38.2. The Bertz CT molecular complexity index is 1070. The van der Waals surface area contributed by atoms with Crippen molar-refractivity contribution in [2.75, 3.05) is 38.2 Å². The van der Waals surface area contributed by atoms with Gasteiger partial charge in [0.15, 0.2) is 0 Å². The molecular formula is C18H21N5O4S. The van der Waals surface area contributed by atoms with Crippen LogP contribution in [0.25, 0.3) is 11.6 Å². The van der Waals surface area contributed by atoms with Crippen molar-refractivity contribution >= 4 is 15.7 Å². The van der Waals surface area contributed by atoms with Gasteiger partial charge in [0.25, 0.3) is 5.89 Å². The second-order valence-corrected chi connectivity index (χ2v) is 8.38. The van der Waals surface area contributed by atoms with Crippen molar-refractivity contribution in [1.29, 1.82) is 0 Å². The summed E-state index contributed by atoms with van der Waals surface area (Å²) in [4.78, 5) is 5.22. The number of aromatic nitrogens is 3. The molecule has 3 aromatic rings. The van der Waals surface area contributed by atoms with E-state index < -0.39 is 10.0 Å². The first-order valence-corrected chi connectivity index (χ1v) is 10.3. The van der Waals surface area contributed by atoms with E-state index in [1.54, 1.807) is 14.0 Å². The molecule has 4 rings (SSSR count). The van der Waals surface area contributed by atoms with Gasteiger partial charge in [0, 0.05) is 39.3 Å². The molecule has 1 saturated heterocycles. The standard InChI is InChI=1S/C18H21N5O4S/c1-13-20-21-18(27-13)15-11-14(12-19-15)28(24,25)23-9-7-22(8-10-23)16-5-3-4-6-17(16)26-2/h3-6,11-12,19H,7-10H2,1-2H3. The van der Waals surface area contributed by atoms with Crippen molar-refractivity contribution < 1.29 is 17.6 Å². The molecule has 0 atom stereocenters. The molecular weight excluding hydrogens is 382 g/mol. The summed E-state index contributed by atoms with van der Waals surface area (Å²) in [5.74, 6) is 1.46. The highest BCUT2D eigenvalue weighted by atomic mass is 32.2. The molecule has 9 nitrogen and oxygen atoms in total. The van der Waals surface area contributed by atoms with Crippen LogP contribution in [0.5, 0.6) is 5.75 Å². The van der Waals surface area contributed by atoms with Gasteiger partial charge in [0.05, 0.1) is 12.8 Å². The number of methoxy groups -OCH3 is 1. The van der Waals surface area contributed by atoms with Crippen LogP contribution < -0.4 is 9.64 Å². The Balaban J connectivity index is 1.49. The summed E-state index contributed by atoms with van der Waals surface area (Å²) in [5.41, 5.74) is 1.45. The molecule has 28 heavy (non-hydrogen) atoms. The van der Waals surface area contributed by atoms with E-state index in [0.717, 1.165) is 11.4 Å². The number of ether oxygens (including phenoxy) is 1. The van der Waals surface area contributed by atoms with E-state index in [1.807, 2.05) is 24.3 Å². The first-order valence-electron chi connectivity index (χ1n) is 8.86. The first-order chi connectivity index (χ1) is 13.5. The SMILES string of the molecule is COc1ccccc1N1CCN(S(=O)(=O)c2c[nH]c(-c3nnc(C)o3)c2)CC1. The second kappa shape index (κ2) is 7.28. The third-order valence-electron chi connectivity index (χ3n) is 4.72. The average Bonchev–Trinajstić information content (AvgIpc) is 3.37. The zero-order valence-electron chi connectivity index (χ0n) is 15.6. The molecule has 1 fully saturated rings. The molecule has 0 aliphatic carbocycles. The zero-order valence-corrected chi connectivity index (χ0v) is 16.4. The fourth-order valence-electron chi connectivity index (χ4n) is 3.26. The summed E-state index contributed by atoms with van der Waals surface area (Å²) in [6.45, 7) is 3.62. The molecule has 1 aliphatic heterocycles. The Morgan fingerprint density at radius 1 is 1.14 bits per heavy atom. The summed E-state index contributed by atoms with van der Waals surface area (Å²) >= 11 is 0. The van der Waals surface area contributed by atoms with Gasteiger partial charge < -0.3 is 19.0 Å². The van der Waals surface area contributed by atoms with Crippen molar-refractivity contribution in [3.05, 3.63) is 42.4 Å². The number of aryl methyl sites for hydroxylation is 1. The molecule has 0 bridgehead atoms. The molecule has 10 heteroatoms. The third kappa shape index (κ3) is 3.36. The maximum absolute atomic E-state index is 13.0.